The lowest BCUT2D eigenvalue weighted by Gasteiger charge is -2.13. The average Bonchev–Trinajstić information content (AvgIpc) is 3.11. The minimum Gasteiger partial charge on any atom is -0.480 e. The third kappa shape index (κ3) is 3.43. The molecular weight excluding hydrogens is 222 g/mol. The van der Waals surface area contributed by atoms with Crippen LogP contribution in [0.3, 0.4) is 0 Å². The maximum Gasteiger partial charge on any atom is 0.326 e. The summed E-state index contributed by atoms with van der Waals surface area (Å²) in [6.07, 6.45) is 3.45. The van der Waals surface area contributed by atoms with Gasteiger partial charge in [0.15, 0.2) is 0 Å². The van der Waals surface area contributed by atoms with E-state index in [1.54, 1.807) is 0 Å². The SMILES string of the molecule is CCOC1CC1C(=O)NC(CC1CC1)C(=O)O. The van der Waals surface area contributed by atoms with Gasteiger partial charge in [-0.2, -0.15) is 0 Å². The van der Waals surface area contributed by atoms with Gasteiger partial charge in [0.25, 0.3) is 0 Å². The minimum atomic E-state index is -0.932. The molecule has 5 nitrogen and oxygen atoms in total. The number of carbonyl (C=O) groups is 2. The molecule has 0 saturated heterocycles. The summed E-state index contributed by atoms with van der Waals surface area (Å²) in [5.74, 6) is -0.760. The van der Waals surface area contributed by atoms with Gasteiger partial charge in [-0.3, -0.25) is 4.79 Å². The Kier molecular flexibility index (Phi) is 3.66. The van der Waals surface area contributed by atoms with Gasteiger partial charge in [-0.15, -0.1) is 0 Å². The molecule has 2 aliphatic rings. The Bertz CT molecular complexity index is 314. The fraction of sp³-hybridized carbons (Fsp3) is 0.833. The molecule has 0 heterocycles. The van der Waals surface area contributed by atoms with E-state index in [2.05, 4.69) is 5.32 Å². The number of carboxylic acids is 1. The largest absolute Gasteiger partial charge is 0.480 e. The number of rotatable bonds is 7. The number of ether oxygens (including phenoxy) is 1. The highest BCUT2D eigenvalue weighted by Gasteiger charge is 2.45. The van der Waals surface area contributed by atoms with Gasteiger partial charge in [0, 0.05) is 6.61 Å². The van der Waals surface area contributed by atoms with Gasteiger partial charge in [-0.25, -0.2) is 4.79 Å². The molecular formula is C12H19NO4. The minimum absolute atomic E-state index is 0.00429. The van der Waals surface area contributed by atoms with E-state index in [1.165, 1.54) is 0 Å². The van der Waals surface area contributed by atoms with E-state index >= 15 is 0 Å². The molecule has 0 aliphatic heterocycles. The van der Waals surface area contributed by atoms with Crippen LogP contribution in [0.2, 0.25) is 0 Å². The molecule has 2 aliphatic carbocycles. The normalized spacial score (nSPS) is 28.5. The number of hydrogen-bond donors (Lipinski definition) is 2. The van der Waals surface area contributed by atoms with Crippen molar-refractivity contribution in [3.63, 3.8) is 0 Å². The monoisotopic (exact) mass is 241 g/mol. The number of carboxylic acid groups (broad SMARTS) is 1. The fourth-order valence-corrected chi connectivity index (χ4v) is 2.03. The summed E-state index contributed by atoms with van der Waals surface area (Å²) in [4.78, 5) is 22.8. The number of amides is 1. The zero-order valence-electron chi connectivity index (χ0n) is 10.0. The van der Waals surface area contributed by atoms with E-state index in [9.17, 15) is 9.59 Å². The zero-order chi connectivity index (χ0) is 12.4. The van der Waals surface area contributed by atoms with Crippen molar-refractivity contribution in [1.29, 1.82) is 0 Å². The molecule has 0 aromatic rings. The standard InChI is InChI=1S/C12H19NO4/c1-2-17-10-6-8(10)11(14)13-9(12(15)16)5-7-3-4-7/h7-10H,2-6H2,1H3,(H,13,14)(H,15,16). The third-order valence-corrected chi connectivity index (χ3v) is 3.33. The molecule has 2 N–H and O–H groups in total. The third-order valence-electron chi connectivity index (χ3n) is 3.33. The van der Waals surface area contributed by atoms with Gasteiger partial charge < -0.3 is 15.2 Å². The van der Waals surface area contributed by atoms with E-state index in [-0.39, 0.29) is 17.9 Å². The van der Waals surface area contributed by atoms with Gasteiger partial charge in [-0.05, 0) is 25.7 Å². The van der Waals surface area contributed by atoms with Gasteiger partial charge in [-0.1, -0.05) is 12.8 Å². The fourth-order valence-electron chi connectivity index (χ4n) is 2.03. The number of carbonyl (C=O) groups excluding carboxylic acids is 1. The van der Waals surface area contributed by atoms with E-state index in [0.29, 0.717) is 18.9 Å². The first kappa shape index (κ1) is 12.4. The van der Waals surface area contributed by atoms with E-state index < -0.39 is 12.0 Å². The van der Waals surface area contributed by atoms with Crippen LogP contribution >= 0.6 is 0 Å². The summed E-state index contributed by atoms with van der Waals surface area (Å²) in [5.41, 5.74) is 0. The first-order chi connectivity index (χ1) is 8.11. The molecule has 2 saturated carbocycles. The van der Waals surface area contributed by atoms with Gasteiger partial charge in [0.05, 0.1) is 12.0 Å². The summed E-state index contributed by atoms with van der Waals surface area (Å²) in [5, 5.41) is 11.6. The van der Waals surface area contributed by atoms with Crippen molar-refractivity contribution < 1.29 is 19.4 Å². The van der Waals surface area contributed by atoms with Crippen molar-refractivity contribution in [2.45, 2.75) is 44.8 Å². The summed E-state index contributed by atoms with van der Waals surface area (Å²) >= 11 is 0. The summed E-state index contributed by atoms with van der Waals surface area (Å²) in [6.45, 7) is 2.49. The van der Waals surface area contributed by atoms with Gasteiger partial charge in [0.2, 0.25) is 5.91 Å². The Morgan fingerprint density at radius 1 is 1.47 bits per heavy atom. The molecule has 0 aromatic carbocycles. The topological polar surface area (TPSA) is 75.6 Å². The van der Waals surface area contributed by atoms with Crippen LogP contribution in [0.5, 0.6) is 0 Å². The second-order valence-electron chi connectivity index (χ2n) is 4.91. The number of aliphatic carboxylic acids is 1. The van der Waals surface area contributed by atoms with Crippen molar-refractivity contribution in [3.05, 3.63) is 0 Å². The van der Waals surface area contributed by atoms with Crippen molar-refractivity contribution in [2.24, 2.45) is 11.8 Å². The van der Waals surface area contributed by atoms with Crippen LogP contribution in [0, 0.1) is 11.8 Å². The van der Waals surface area contributed by atoms with Crippen LogP contribution in [0.25, 0.3) is 0 Å². The Hall–Kier alpha value is -1.10. The quantitative estimate of drug-likeness (QED) is 0.690. The predicted octanol–water partition coefficient (Wildman–Crippen LogP) is 0.781. The van der Waals surface area contributed by atoms with Crippen LogP contribution in [0.4, 0.5) is 0 Å². The molecule has 0 radical (unpaired) electrons. The molecule has 5 heteroatoms. The second kappa shape index (κ2) is 5.04. The highest BCUT2D eigenvalue weighted by Crippen LogP contribution is 2.35. The van der Waals surface area contributed by atoms with Crippen LogP contribution in [0.15, 0.2) is 0 Å². The van der Waals surface area contributed by atoms with Gasteiger partial charge >= 0.3 is 5.97 Å². The van der Waals surface area contributed by atoms with Crippen molar-refractivity contribution in [1.82, 2.24) is 5.32 Å². The molecule has 17 heavy (non-hydrogen) atoms. The molecule has 3 unspecified atom stereocenters. The van der Waals surface area contributed by atoms with Crippen LogP contribution in [0.1, 0.15) is 32.6 Å². The van der Waals surface area contributed by atoms with Crippen molar-refractivity contribution in [3.8, 4) is 0 Å². The molecule has 1 amide bonds. The molecule has 3 atom stereocenters. The zero-order valence-corrected chi connectivity index (χ0v) is 10.0. The molecule has 0 aromatic heterocycles. The molecule has 96 valence electrons. The van der Waals surface area contributed by atoms with E-state index in [4.69, 9.17) is 9.84 Å². The predicted molar refractivity (Wildman–Crippen MR) is 60.4 cm³/mol. The van der Waals surface area contributed by atoms with Crippen molar-refractivity contribution in [2.75, 3.05) is 6.61 Å². The summed E-state index contributed by atoms with van der Waals surface area (Å²) in [7, 11) is 0. The smallest absolute Gasteiger partial charge is 0.326 e. The summed E-state index contributed by atoms with van der Waals surface area (Å²) < 4.78 is 5.31. The Morgan fingerprint density at radius 2 is 2.18 bits per heavy atom. The lowest BCUT2D eigenvalue weighted by Crippen LogP contribution is -2.42. The average molecular weight is 241 g/mol. The van der Waals surface area contributed by atoms with Crippen LogP contribution in [-0.4, -0.2) is 35.7 Å². The van der Waals surface area contributed by atoms with Gasteiger partial charge in [0.1, 0.15) is 6.04 Å². The number of hydrogen-bond acceptors (Lipinski definition) is 3. The molecule has 2 fully saturated rings. The first-order valence-corrected chi connectivity index (χ1v) is 6.26. The maximum atomic E-state index is 11.8. The lowest BCUT2D eigenvalue weighted by atomic mass is 10.1. The molecule has 0 bridgehead atoms. The highest BCUT2D eigenvalue weighted by atomic mass is 16.5. The number of nitrogens with one attached hydrogen (secondary N) is 1. The Balaban J connectivity index is 1.77. The Morgan fingerprint density at radius 3 is 2.71 bits per heavy atom. The Labute approximate surface area is 101 Å². The summed E-state index contributed by atoms with van der Waals surface area (Å²) in [6, 6.07) is -0.724. The molecule has 2 rings (SSSR count). The van der Waals surface area contributed by atoms with E-state index in [1.807, 2.05) is 6.92 Å². The highest BCUT2D eigenvalue weighted by molar-refractivity contribution is 5.87. The molecule has 0 spiro atoms. The second-order valence-corrected chi connectivity index (χ2v) is 4.91. The van der Waals surface area contributed by atoms with Crippen LogP contribution in [-0.2, 0) is 14.3 Å². The van der Waals surface area contributed by atoms with E-state index in [0.717, 1.165) is 19.3 Å². The first-order valence-electron chi connectivity index (χ1n) is 6.26. The van der Waals surface area contributed by atoms with Crippen LogP contribution < -0.4 is 5.32 Å². The lowest BCUT2D eigenvalue weighted by molar-refractivity contribution is -0.142. The maximum absolute atomic E-state index is 11.8. The van der Waals surface area contributed by atoms with Crippen molar-refractivity contribution >= 4 is 11.9 Å².